The molecule has 0 aromatic rings. The first-order valence-electron chi connectivity index (χ1n) is 2.94. The molecule has 2 nitrogen and oxygen atoms in total. The van der Waals surface area contributed by atoms with Crippen LogP contribution in [0.3, 0.4) is 0 Å². The van der Waals surface area contributed by atoms with Crippen LogP contribution in [-0.2, 0) is 4.79 Å². The molecule has 0 aliphatic rings. The van der Waals surface area contributed by atoms with Crippen LogP contribution in [0, 0.1) is 0 Å². The summed E-state index contributed by atoms with van der Waals surface area (Å²) in [5, 5.41) is 2.25. The quantitative estimate of drug-likeness (QED) is 0.540. The third-order valence-corrected chi connectivity index (χ3v) is 0.618. The molecule has 0 saturated heterocycles. The number of hydrogen-bond acceptors (Lipinski definition) is 1. The zero-order valence-electron chi connectivity index (χ0n) is 5.90. The average molecular weight is 117 g/mol. The number of carbonyl (C=O) groups is 1. The number of carbonyl (C=O) groups excluding carboxylic acids is 1. The van der Waals surface area contributed by atoms with Gasteiger partial charge < -0.3 is 5.32 Å². The molecule has 1 amide bonds. The predicted molar refractivity (Wildman–Crippen MR) is 35.7 cm³/mol. The molecular formula is C6H15NO. The Morgan fingerprint density at radius 3 is 1.62 bits per heavy atom. The normalized spacial score (nSPS) is 6.38. The average Bonchev–Trinajstić information content (AvgIpc) is 1.88. The topological polar surface area (TPSA) is 29.1 Å². The number of rotatable bonds is 2. The molecule has 0 fully saturated rings. The first-order chi connectivity index (χ1) is 3.83. The molecule has 1 N–H and O–H groups in total. The van der Waals surface area contributed by atoms with Gasteiger partial charge in [-0.3, -0.25) is 4.79 Å². The molecule has 0 spiro atoms. The summed E-state index contributed by atoms with van der Waals surface area (Å²) < 4.78 is 0. The number of nitrogens with one attached hydrogen (secondary N) is 1. The van der Waals surface area contributed by atoms with Crippen molar-refractivity contribution in [3.63, 3.8) is 0 Å². The molecule has 0 unspecified atom stereocenters. The predicted octanol–water partition coefficient (Wildman–Crippen LogP) is 1.17. The Balaban J connectivity index is 0. The second kappa shape index (κ2) is 16.1. The van der Waals surface area contributed by atoms with Gasteiger partial charge in [0.05, 0.1) is 0 Å². The highest BCUT2D eigenvalue weighted by Gasteiger charge is 1.56. The molecule has 50 valence electrons. The SMILES string of the molecule is CCCC.CNC=O. The molecular weight excluding hydrogens is 102 g/mol. The minimum absolute atomic E-state index is 0.625. The van der Waals surface area contributed by atoms with Crippen LogP contribution in [0.1, 0.15) is 26.7 Å². The molecule has 0 aromatic heterocycles. The summed E-state index contributed by atoms with van der Waals surface area (Å²) in [5.41, 5.74) is 0. The monoisotopic (exact) mass is 117 g/mol. The highest BCUT2D eigenvalue weighted by atomic mass is 16.1. The minimum atomic E-state index is 0.625. The Kier molecular flexibility index (Phi) is 21.0. The van der Waals surface area contributed by atoms with E-state index in [0.29, 0.717) is 6.41 Å². The van der Waals surface area contributed by atoms with E-state index in [1.54, 1.807) is 7.05 Å². The van der Waals surface area contributed by atoms with Crippen molar-refractivity contribution in [2.75, 3.05) is 7.05 Å². The van der Waals surface area contributed by atoms with E-state index in [9.17, 15) is 0 Å². The lowest BCUT2D eigenvalue weighted by atomic mass is 10.4. The van der Waals surface area contributed by atoms with E-state index in [4.69, 9.17) is 4.79 Å². The largest absolute Gasteiger partial charge is 0.362 e. The van der Waals surface area contributed by atoms with Gasteiger partial charge >= 0.3 is 0 Å². The summed E-state index contributed by atoms with van der Waals surface area (Å²) in [7, 11) is 1.56. The van der Waals surface area contributed by atoms with Crippen molar-refractivity contribution in [1.29, 1.82) is 0 Å². The number of hydrogen-bond donors (Lipinski definition) is 1. The standard InChI is InChI=1S/C4H10.C2H5NO/c1-3-4-2;1-3-2-4/h3-4H2,1-2H3;2H,1H3,(H,3,4). The first kappa shape index (κ1) is 10.5. The molecule has 0 rings (SSSR count). The van der Waals surface area contributed by atoms with Gasteiger partial charge in [-0.25, -0.2) is 0 Å². The van der Waals surface area contributed by atoms with Crippen LogP contribution in [0.15, 0.2) is 0 Å². The van der Waals surface area contributed by atoms with E-state index in [2.05, 4.69) is 19.2 Å². The Hall–Kier alpha value is -0.530. The Morgan fingerprint density at radius 1 is 1.38 bits per heavy atom. The fourth-order valence-corrected chi connectivity index (χ4v) is 0. The Labute approximate surface area is 51.3 Å². The molecule has 0 atom stereocenters. The number of unbranched alkanes of at least 4 members (excludes halogenated alkanes) is 1. The van der Waals surface area contributed by atoms with Crippen molar-refractivity contribution in [2.24, 2.45) is 0 Å². The maximum absolute atomic E-state index is 9.06. The lowest BCUT2D eigenvalue weighted by Gasteiger charge is -1.68. The van der Waals surface area contributed by atoms with Crippen LogP contribution in [0.4, 0.5) is 0 Å². The van der Waals surface area contributed by atoms with Crippen LogP contribution in [0.5, 0.6) is 0 Å². The highest BCUT2D eigenvalue weighted by Crippen LogP contribution is 1.76. The molecule has 0 heterocycles. The maximum Gasteiger partial charge on any atom is 0.206 e. The lowest BCUT2D eigenvalue weighted by Crippen LogP contribution is -1.98. The van der Waals surface area contributed by atoms with Crippen LogP contribution in [-0.4, -0.2) is 13.5 Å². The van der Waals surface area contributed by atoms with Crippen molar-refractivity contribution < 1.29 is 4.79 Å². The third kappa shape index (κ3) is 50.6. The lowest BCUT2D eigenvalue weighted by molar-refractivity contribution is -0.109. The molecule has 0 aliphatic heterocycles. The van der Waals surface area contributed by atoms with Crippen molar-refractivity contribution in [3.05, 3.63) is 0 Å². The molecule has 0 bridgehead atoms. The van der Waals surface area contributed by atoms with Crippen molar-refractivity contribution in [1.82, 2.24) is 5.32 Å². The first-order valence-corrected chi connectivity index (χ1v) is 2.94. The van der Waals surface area contributed by atoms with Gasteiger partial charge in [0.2, 0.25) is 6.41 Å². The van der Waals surface area contributed by atoms with Crippen molar-refractivity contribution >= 4 is 6.41 Å². The van der Waals surface area contributed by atoms with Gasteiger partial charge in [-0.05, 0) is 0 Å². The molecule has 0 aliphatic carbocycles. The number of amides is 1. The zero-order chi connectivity index (χ0) is 6.83. The van der Waals surface area contributed by atoms with Crippen LogP contribution in [0.25, 0.3) is 0 Å². The fourth-order valence-electron chi connectivity index (χ4n) is 0. The van der Waals surface area contributed by atoms with Crippen molar-refractivity contribution in [3.8, 4) is 0 Å². The van der Waals surface area contributed by atoms with Crippen molar-refractivity contribution in [2.45, 2.75) is 26.7 Å². The Morgan fingerprint density at radius 2 is 1.62 bits per heavy atom. The van der Waals surface area contributed by atoms with E-state index < -0.39 is 0 Å². The maximum atomic E-state index is 9.06. The van der Waals surface area contributed by atoms with Gasteiger partial charge in [-0.1, -0.05) is 26.7 Å². The third-order valence-electron chi connectivity index (χ3n) is 0.618. The second-order valence-corrected chi connectivity index (χ2v) is 1.41. The van der Waals surface area contributed by atoms with Gasteiger partial charge in [-0.2, -0.15) is 0 Å². The summed E-state index contributed by atoms with van der Waals surface area (Å²) in [5.74, 6) is 0. The van der Waals surface area contributed by atoms with Gasteiger partial charge in [0.1, 0.15) is 0 Å². The smallest absolute Gasteiger partial charge is 0.206 e. The van der Waals surface area contributed by atoms with Crippen LogP contribution < -0.4 is 5.32 Å². The van der Waals surface area contributed by atoms with E-state index in [0.717, 1.165) is 0 Å². The summed E-state index contributed by atoms with van der Waals surface area (Å²) in [4.78, 5) is 9.06. The zero-order valence-corrected chi connectivity index (χ0v) is 5.90. The molecule has 0 radical (unpaired) electrons. The summed E-state index contributed by atoms with van der Waals surface area (Å²) in [6.45, 7) is 4.36. The fraction of sp³-hybridized carbons (Fsp3) is 0.833. The van der Waals surface area contributed by atoms with E-state index in [1.807, 2.05) is 0 Å². The molecule has 8 heavy (non-hydrogen) atoms. The molecule has 2 heteroatoms. The molecule has 0 aromatic carbocycles. The minimum Gasteiger partial charge on any atom is -0.362 e. The molecule has 0 saturated carbocycles. The van der Waals surface area contributed by atoms with Gasteiger partial charge in [0.15, 0.2) is 0 Å². The summed E-state index contributed by atoms with van der Waals surface area (Å²) in [6.07, 6.45) is 3.26. The van der Waals surface area contributed by atoms with E-state index in [-0.39, 0.29) is 0 Å². The summed E-state index contributed by atoms with van der Waals surface area (Å²) >= 11 is 0. The van der Waals surface area contributed by atoms with Gasteiger partial charge in [0, 0.05) is 7.05 Å². The van der Waals surface area contributed by atoms with Crippen LogP contribution in [0.2, 0.25) is 0 Å². The van der Waals surface area contributed by atoms with Crippen LogP contribution >= 0.6 is 0 Å². The second-order valence-electron chi connectivity index (χ2n) is 1.41. The van der Waals surface area contributed by atoms with Gasteiger partial charge in [0.25, 0.3) is 0 Å². The van der Waals surface area contributed by atoms with Gasteiger partial charge in [-0.15, -0.1) is 0 Å². The summed E-state index contributed by atoms with van der Waals surface area (Å²) in [6, 6.07) is 0. The Bertz CT molecular complexity index is 35.5. The van der Waals surface area contributed by atoms with E-state index in [1.165, 1.54) is 12.8 Å². The highest BCUT2D eigenvalue weighted by molar-refractivity contribution is 5.44. The van der Waals surface area contributed by atoms with E-state index >= 15 is 0 Å².